The molecule has 0 aliphatic carbocycles. The lowest BCUT2D eigenvalue weighted by Crippen LogP contribution is -2.43. The average Bonchev–Trinajstić information content (AvgIpc) is 3.54. The van der Waals surface area contributed by atoms with Gasteiger partial charge in [0.25, 0.3) is 0 Å². The van der Waals surface area contributed by atoms with E-state index in [1.165, 1.54) is 0 Å². The van der Waals surface area contributed by atoms with Gasteiger partial charge in [0.2, 0.25) is 18.6 Å². The third kappa shape index (κ3) is 2.90. The van der Waals surface area contributed by atoms with E-state index in [2.05, 4.69) is 10.3 Å². The lowest BCUT2D eigenvalue weighted by molar-refractivity contribution is -0.137. The number of carbonyl (C=O) groups excluding carboxylic acids is 2. The molecule has 2 amide bonds. The highest BCUT2D eigenvalue weighted by atomic mass is 16.7. The fourth-order valence-electron chi connectivity index (χ4n) is 5.08. The van der Waals surface area contributed by atoms with Crippen LogP contribution in [0.25, 0.3) is 0 Å². The van der Waals surface area contributed by atoms with E-state index in [1.807, 2.05) is 42.5 Å². The Hall–Kier alpha value is -3.39. The van der Waals surface area contributed by atoms with Crippen LogP contribution in [0.5, 0.6) is 11.5 Å². The van der Waals surface area contributed by atoms with Gasteiger partial charge in [-0.05, 0) is 29.3 Å². The molecule has 8 heteroatoms. The number of nitrogens with zero attached hydrogens (tertiary/aromatic N) is 2. The van der Waals surface area contributed by atoms with Crippen molar-refractivity contribution >= 4 is 11.8 Å². The maximum atomic E-state index is 13.4. The predicted octanol–water partition coefficient (Wildman–Crippen LogP) is 1.41. The molecule has 2 fully saturated rings. The number of ether oxygens (including phenoxy) is 3. The number of hydrogen-bond donors (Lipinski definition) is 1. The summed E-state index contributed by atoms with van der Waals surface area (Å²) in [5, 5.41) is 2.95. The maximum Gasteiger partial charge on any atom is 0.231 e. The SMILES string of the molecule is O=C(NCc1cccnc1)C1C2C(=O)N(Cc3ccc4c(c3)OCO4)C[C@@]23C=C[C@@H]1O3. The van der Waals surface area contributed by atoms with Crippen LogP contribution in [0.3, 0.4) is 0 Å². The Kier molecular flexibility index (Phi) is 4.04. The van der Waals surface area contributed by atoms with E-state index in [4.69, 9.17) is 14.2 Å². The number of likely N-dealkylation sites (tertiary alicyclic amines) is 1. The zero-order valence-corrected chi connectivity index (χ0v) is 16.7. The van der Waals surface area contributed by atoms with Crippen LogP contribution >= 0.6 is 0 Å². The van der Waals surface area contributed by atoms with E-state index >= 15 is 0 Å². The number of aromatic nitrogens is 1. The number of amides is 2. The molecule has 158 valence electrons. The fraction of sp³-hybridized carbons (Fsp3) is 0.348. The highest BCUT2D eigenvalue weighted by Crippen LogP contribution is 2.52. The molecule has 6 rings (SSSR count). The molecule has 2 saturated heterocycles. The minimum Gasteiger partial charge on any atom is -0.454 e. The molecular weight excluding hydrogens is 398 g/mol. The summed E-state index contributed by atoms with van der Waals surface area (Å²) < 4.78 is 17.0. The van der Waals surface area contributed by atoms with E-state index in [0.29, 0.717) is 31.1 Å². The van der Waals surface area contributed by atoms with Gasteiger partial charge < -0.3 is 24.4 Å². The van der Waals surface area contributed by atoms with Crippen molar-refractivity contribution in [2.75, 3.05) is 13.3 Å². The number of carbonyl (C=O) groups is 2. The van der Waals surface area contributed by atoms with Crippen LogP contribution in [0, 0.1) is 11.8 Å². The molecule has 4 aliphatic rings. The summed E-state index contributed by atoms with van der Waals surface area (Å²) in [6, 6.07) is 9.41. The third-order valence-corrected chi connectivity index (χ3v) is 6.48. The van der Waals surface area contributed by atoms with E-state index in [1.54, 1.807) is 17.3 Å². The van der Waals surface area contributed by atoms with Gasteiger partial charge >= 0.3 is 0 Å². The summed E-state index contributed by atoms with van der Waals surface area (Å²) in [6.45, 7) is 1.45. The molecule has 5 heterocycles. The van der Waals surface area contributed by atoms with Crippen LogP contribution < -0.4 is 14.8 Å². The van der Waals surface area contributed by atoms with Gasteiger partial charge in [0.05, 0.1) is 24.5 Å². The Morgan fingerprint density at radius 1 is 1.23 bits per heavy atom. The smallest absolute Gasteiger partial charge is 0.231 e. The zero-order valence-electron chi connectivity index (χ0n) is 16.7. The Bertz CT molecular complexity index is 1090. The van der Waals surface area contributed by atoms with Crippen LogP contribution in [0.15, 0.2) is 54.9 Å². The Balaban J connectivity index is 1.19. The predicted molar refractivity (Wildman–Crippen MR) is 108 cm³/mol. The molecule has 2 aromatic rings. The van der Waals surface area contributed by atoms with E-state index in [-0.39, 0.29) is 24.7 Å². The van der Waals surface area contributed by atoms with Crippen molar-refractivity contribution in [1.82, 2.24) is 15.2 Å². The summed E-state index contributed by atoms with van der Waals surface area (Å²) in [5.74, 6) is 0.144. The van der Waals surface area contributed by atoms with Gasteiger partial charge in [0, 0.05) is 25.5 Å². The van der Waals surface area contributed by atoms with E-state index in [0.717, 1.165) is 11.1 Å². The second kappa shape index (κ2) is 6.81. The quantitative estimate of drug-likeness (QED) is 0.737. The first kappa shape index (κ1) is 18.4. The van der Waals surface area contributed by atoms with Crippen molar-refractivity contribution < 1.29 is 23.8 Å². The van der Waals surface area contributed by atoms with Crippen LogP contribution in [0.2, 0.25) is 0 Å². The van der Waals surface area contributed by atoms with Crippen LogP contribution in [0.4, 0.5) is 0 Å². The zero-order chi connectivity index (χ0) is 21.0. The summed E-state index contributed by atoms with van der Waals surface area (Å²) >= 11 is 0. The molecule has 4 atom stereocenters. The van der Waals surface area contributed by atoms with Crippen molar-refractivity contribution in [2.24, 2.45) is 11.8 Å². The first-order valence-electron chi connectivity index (χ1n) is 10.3. The molecule has 0 saturated carbocycles. The van der Waals surface area contributed by atoms with Gasteiger partial charge in [-0.15, -0.1) is 0 Å². The van der Waals surface area contributed by atoms with Crippen LogP contribution in [0.1, 0.15) is 11.1 Å². The minimum absolute atomic E-state index is 0.0500. The van der Waals surface area contributed by atoms with Gasteiger partial charge in [0.1, 0.15) is 5.60 Å². The molecule has 8 nitrogen and oxygen atoms in total. The summed E-state index contributed by atoms with van der Waals surface area (Å²) in [5.41, 5.74) is 1.13. The van der Waals surface area contributed by atoms with Crippen LogP contribution in [-0.2, 0) is 27.4 Å². The Labute approximate surface area is 178 Å². The van der Waals surface area contributed by atoms with E-state index < -0.39 is 17.4 Å². The highest BCUT2D eigenvalue weighted by molar-refractivity contribution is 5.93. The average molecular weight is 419 g/mol. The molecule has 0 radical (unpaired) electrons. The highest BCUT2D eigenvalue weighted by Gasteiger charge is 2.66. The van der Waals surface area contributed by atoms with Crippen molar-refractivity contribution in [3.8, 4) is 11.5 Å². The number of fused-ring (bicyclic) bond motifs is 2. The Morgan fingerprint density at radius 2 is 2.13 bits per heavy atom. The standard InChI is InChI=1S/C23H21N3O5/c27-21(25-10-15-2-1-7-24-9-15)19-17-5-6-23(31-17)12-26(22(28)20(19)23)11-14-3-4-16-18(8-14)30-13-29-16/h1-9,17,19-20H,10-13H2,(H,25,27)/t17-,19?,20?,23-/m0/s1. The minimum atomic E-state index is -0.728. The molecule has 1 spiro atoms. The largest absolute Gasteiger partial charge is 0.454 e. The number of rotatable bonds is 5. The molecule has 1 aromatic heterocycles. The molecule has 4 aliphatic heterocycles. The maximum absolute atomic E-state index is 13.4. The summed E-state index contributed by atoms with van der Waals surface area (Å²) in [4.78, 5) is 32.2. The monoisotopic (exact) mass is 419 g/mol. The van der Waals surface area contributed by atoms with Crippen molar-refractivity contribution in [3.05, 3.63) is 66.0 Å². The van der Waals surface area contributed by atoms with E-state index in [9.17, 15) is 9.59 Å². The van der Waals surface area contributed by atoms with Gasteiger partial charge in [0.15, 0.2) is 11.5 Å². The molecule has 2 unspecified atom stereocenters. The van der Waals surface area contributed by atoms with Gasteiger partial charge in [-0.3, -0.25) is 14.6 Å². The van der Waals surface area contributed by atoms with Crippen molar-refractivity contribution in [3.63, 3.8) is 0 Å². The van der Waals surface area contributed by atoms with Crippen molar-refractivity contribution in [1.29, 1.82) is 0 Å². The molecular formula is C23H21N3O5. The Morgan fingerprint density at radius 3 is 3.00 bits per heavy atom. The fourth-order valence-corrected chi connectivity index (χ4v) is 5.08. The summed E-state index contributed by atoms with van der Waals surface area (Å²) in [7, 11) is 0. The topological polar surface area (TPSA) is 90.0 Å². The van der Waals surface area contributed by atoms with Gasteiger partial charge in [-0.25, -0.2) is 0 Å². The first-order valence-corrected chi connectivity index (χ1v) is 10.3. The van der Waals surface area contributed by atoms with Gasteiger partial charge in [-0.1, -0.05) is 24.3 Å². The first-order chi connectivity index (χ1) is 15.1. The second-order valence-corrected chi connectivity index (χ2v) is 8.36. The number of nitrogens with one attached hydrogen (secondary N) is 1. The summed E-state index contributed by atoms with van der Waals surface area (Å²) in [6.07, 6.45) is 6.92. The van der Waals surface area contributed by atoms with Crippen LogP contribution in [-0.4, -0.2) is 46.7 Å². The molecule has 31 heavy (non-hydrogen) atoms. The lowest BCUT2D eigenvalue weighted by atomic mass is 9.77. The molecule has 1 N–H and O–H groups in total. The normalized spacial score (nSPS) is 29.5. The van der Waals surface area contributed by atoms with Gasteiger partial charge in [-0.2, -0.15) is 0 Å². The molecule has 2 bridgehead atoms. The molecule has 1 aromatic carbocycles. The number of pyridine rings is 1. The number of benzene rings is 1. The second-order valence-electron chi connectivity index (χ2n) is 8.36. The number of hydrogen-bond acceptors (Lipinski definition) is 6. The lowest BCUT2D eigenvalue weighted by Gasteiger charge is -2.23. The third-order valence-electron chi connectivity index (χ3n) is 6.48. The van der Waals surface area contributed by atoms with Crippen molar-refractivity contribution in [2.45, 2.75) is 24.8 Å².